The second kappa shape index (κ2) is 8.76. The van der Waals surface area contributed by atoms with E-state index in [1.807, 2.05) is 60.9 Å². The van der Waals surface area contributed by atoms with Crippen LogP contribution in [0.25, 0.3) is 0 Å². The number of rotatable bonds is 4. The van der Waals surface area contributed by atoms with Gasteiger partial charge in [0, 0.05) is 29.4 Å². The van der Waals surface area contributed by atoms with Gasteiger partial charge in [0.05, 0.1) is 5.92 Å². The van der Waals surface area contributed by atoms with Crippen molar-refractivity contribution in [2.45, 2.75) is 17.7 Å². The highest BCUT2D eigenvalue weighted by molar-refractivity contribution is 7.98. The number of piperidine rings is 1. The molecule has 0 radical (unpaired) electrons. The van der Waals surface area contributed by atoms with Gasteiger partial charge in [-0.3, -0.25) is 4.79 Å². The smallest absolute Gasteiger partial charge is 0.321 e. The Morgan fingerprint density at radius 2 is 1.69 bits per heavy atom. The van der Waals surface area contributed by atoms with E-state index in [4.69, 9.17) is 0 Å². The van der Waals surface area contributed by atoms with E-state index < -0.39 is 0 Å². The van der Waals surface area contributed by atoms with Crippen LogP contribution in [0.4, 0.5) is 16.2 Å². The molecule has 3 rings (SSSR count). The molecule has 2 aromatic carbocycles. The van der Waals surface area contributed by atoms with Gasteiger partial charge in [-0.1, -0.05) is 18.2 Å². The summed E-state index contributed by atoms with van der Waals surface area (Å²) in [6, 6.07) is 17.0. The molecule has 1 aliphatic rings. The Balaban J connectivity index is 1.56. The lowest BCUT2D eigenvalue weighted by molar-refractivity contribution is -0.121. The first-order chi connectivity index (χ1) is 12.7. The number of likely N-dealkylation sites (tertiary alicyclic amines) is 1. The van der Waals surface area contributed by atoms with Gasteiger partial charge in [0.25, 0.3) is 0 Å². The molecule has 3 amide bonds. The van der Waals surface area contributed by atoms with Gasteiger partial charge < -0.3 is 15.5 Å². The second-order valence-electron chi connectivity index (χ2n) is 6.30. The van der Waals surface area contributed by atoms with Gasteiger partial charge in [-0.15, -0.1) is 11.8 Å². The Bertz CT molecular complexity index is 749. The van der Waals surface area contributed by atoms with Crippen LogP contribution in [0.2, 0.25) is 0 Å². The summed E-state index contributed by atoms with van der Waals surface area (Å²) in [5.41, 5.74) is 1.55. The summed E-state index contributed by atoms with van der Waals surface area (Å²) in [6.45, 7) is 1.11. The van der Waals surface area contributed by atoms with Crippen molar-refractivity contribution in [1.29, 1.82) is 0 Å². The minimum Gasteiger partial charge on any atom is -0.326 e. The van der Waals surface area contributed by atoms with Gasteiger partial charge in [0.2, 0.25) is 5.91 Å². The molecule has 1 fully saturated rings. The first-order valence-corrected chi connectivity index (χ1v) is 9.94. The molecule has 1 heterocycles. The molecule has 6 heteroatoms. The van der Waals surface area contributed by atoms with E-state index >= 15 is 0 Å². The fraction of sp³-hybridized carbons (Fsp3) is 0.300. The fourth-order valence-electron chi connectivity index (χ4n) is 3.02. The highest BCUT2D eigenvalue weighted by Crippen LogP contribution is 2.21. The van der Waals surface area contributed by atoms with Crippen LogP contribution < -0.4 is 10.6 Å². The van der Waals surface area contributed by atoms with Crippen LogP contribution in [-0.2, 0) is 4.79 Å². The van der Waals surface area contributed by atoms with E-state index in [0.717, 1.165) is 29.1 Å². The minimum absolute atomic E-state index is 0.0286. The summed E-state index contributed by atoms with van der Waals surface area (Å²) >= 11 is 1.66. The Labute approximate surface area is 158 Å². The van der Waals surface area contributed by atoms with E-state index in [-0.39, 0.29) is 17.9 Å². The third kappa shape index (κ3) is 4.79. The van der Waals surface area contributed by atoms with Gasteiger partial charge >= 0.3 is 6.03 Å². The monoisotopic (exact) mass is 369 g/mol. The summed E-state index contributed by atoms with van der Waals surface area (Å²) in [4.78, 5) is 27.9. The molecule has 136 valence electrons. The summed E-state index contributed by atoms with van der Waals surface area (Å²) in [6.07, 6.45) is 3.64. The van der Waals surface area contributed by atoms with E-state index in [2.05, 4.69) is 10.6 Å². The second-order valence-corrected chi connectivity index (χ2v) is 7.18. The topological polar surface area (TPSA) is 61.4 Å². The minimum atomic E-state index is -0.189. The van der Waals surface area contributed by atoms with E-state index in [1.165, 1.54) is 0 Å². The van der Waals surface area contributed by atoms with Gasteiger partial charge in [-0.25, -0.2) is 4.79 Å². The average Bonchev–Trinajstić information content (AvgIpc) is 2.69. The SMILES string of the molecule is CSc1ccc(NC(=O)[C@@H]2CCCN(C(=O)Nc3ccccc3)C2)cc1. The molecule has 0 aromatic heterocycles. The molecule has 0 saturated carbocycles. The lowest BCUT2D eigenvalue weighted by Crippen LogP contribution is -2.45. The molecule has 1 atom stereocenters. The molecular formula is C20H23N3O2S. The van der Waals surface area contributed by atoms with Crippen molar-refractivity contribution in [3.8, 4) is 0 Å². The molecule has 0 spiro atoms. The first-order valence-electron chi connectivity index (χ1n) is 8.71. The standard InChI is InChI=1S/C20H23N3O2S/c1-26-18-11-9-17(10-12-18)21-19(24)15-6-5-13-23(14-15)20(25)22-16-7-3-2-4-8-16/h2-4,7-12,15H,5-6,13-14H2,1H3,(H,21,24)(H,22,25)/t15-/m1/s1. The molecule has 1 aliphatic heterocycles. The summed E-state index contributed by atoms with van der Waals surface area (Å²) < 4.78 is 0. The highest BCUT2D eigenvalue weighted by Gasteiger charge is 2.28. The highest BCUT2D eigenvalue weighted by atomic mass is 32.2. The maximum absolute atomic E-state index is 12.6. The largest absolute Gasteiger partial charge is 0.326 e. The van der Waals surface area contributed by atoms with Crippen molar-refractivity contribution in [2.75, 3.05) is 30.0 Å². The molecule has 0 bridgehead atoms. The number of hydrogen-bond donors (Lipinski definition) is 2. The Morgan fingerprint density at radius 3 is 2.38 bits per heavy atom. The summed E-state index contributed by atoms with van der Waals surface area (Å²) in [7, 11) is 0. The number of para-hydroxylation sites is 1. The molecule has 1 saturated heterocycles. The van der Waals surface area contributed by atoms with Crippen LogP contribution in [0.15, 0.2) is 59.5 Å². The number of amides is 3. The van der Waals surface area contributed by atoms with Crippen molar-refractivity contribution in [1.82, 2.24) is 4.90 Å². The van der Waals surface area contributed by atoms with E-state index in [0.29, 0.717) is 13.1 Å². The predicted octanol–water partition coefficient (Wildman–Crippen LogP) is 4.29. The number of carbonyl (C=O) groups is 2. The molecule has 0 aliphatic carbocycles. The van der Waals surface area contributed by atoms with Crippen LogP contribution in [0.1, 0.15) is 12.8 Å². The number of nitrogens with one attached hydrogen (secondary N) is 2. The van der Waals surface area contributed by atoms with Crippen molar-refractivity contribution in [3.05, 3.63) is 54.6 Å². The number of benzene rings is 2. The van der Waals surface area contributed by atoms with Crippen LogP contribution in [0.3, 0.4) is 0 Å². The number of carbonyl (C=O) groups excluding carboxylic acids is 2. The Hall–Kier alpha value is -2.47. The van der Waals surface area contributed by atoms with E-state index in [9.17, 15) is 9.59 Å². The Kier molecular flexibility index (Phi) is 6.17. The molecule has 26 heavy (non-hydrogen) atoms. The predicted molar refractivity (Wildman–Crippen MR) is 107 cm³/mol. The molecular weight excluding hydrogens is 346 g/mol. The number of hydrogen-bond acceptors (Lipinski definition) is 3. The van der Waals surface area contributed by atoms with Crippen molar-refractivity contribution >= 4 is 35.1 Å². The molecule has 2 aromatic rings. The van der Waals surface area contributed by atoms with Gasteiger partial charge in [-0.05, 0) is 55.5 Å². The molecule has 2 N–H and O–H groups in total. The maximum Gasteiger partial charge on any atom is 0.321 e. The van der Waals surface area contributed by atoms with Gasteiger partial charge in [0.1, 0.15) is 0 Å². The van der Waals surface area contributed by atoms with Crippen LogP contribution in [-0.4, -0.2) is 36.2 Å². The third-order valence-corrected chi connectivity index (χ3v) is 5.21. The zero-order valence-corrected chi connectivity index (χ0v) is 15.6. The van der Waals surface area contributed by atoms with Crippen molar-refractivity contribution in [3.63, 3.8) is 0 Å². The fourth-order valence-corrected chi connectivity index (χ4v) is 3.43. The lowest BCUT2D eigenvalue weighted by Gasteiger charge is -2.32. The number of anilines is 2. The summed E-state index contributed by atoms with van der Waals surface area (Å²) in [5, 5.41) is 5.85. The quantitative estimate of drug-likeness (QED) is 0.790. The maximum atomic E-state index is 12.6. The summed E-state index contributed by atoms with van der Waals surface area (Å²) in [5.74, 6) is -0.218. The average molecular weight is 369 g/mol. The molecule has 5 nitrogen and oxygen atoms in total. The van der Waals surface area contributed by atoms with Crippen LogP contribution in [0.5, 0.6) is 0 Å². The molecule has 0 unspecified atom stereocenters. The van der Waals surface area contributed by atoms with Crippen molar-refractivity contribution < 1.29 is 9.59 Å². The Morgan fingerprint density at radius 1 is 1.00 bits per heavy atom. The number of thioether (sulfide) groups is 1. The van der Waals surface area contributed by atoms with Crippen LogP contribution >= 0.6 is 11.8 Å². The lowest BCUT2D eigenvalue weighted by atomic mass is 9.97. The van der Waals surface area contributed by atoms with Gasteiger partial charge in [0.15, 0.2) is 0 Å². The van der Waals surface area contributed by atoms with Crippen LogP contribution in [0, 0.1) is 5.92 Å². The first kappa shape index (κ1) is 18.3. The van der Waals surface area contributed by atoms with Gasteiger partial charge in [-0.2, -0.15) is 0 Å². The van der Waals surface area contributed by atoms with Crippen molar-refractivity contribution in [2.24, 2.45) is 5.92 Å². The number of urea groups is 1. The zero-order valence-electron chi connectivity index (χ0n) is 14.8. The zero-order chi connectivity index (χ0) is 18.4. The normalized spacial score (nSPS) is 16.8. The van der Waals surface area contributed by atoms with E-state index in [1.54, 1.807) is 16.7 Å². The third-order valence-electron chi connectivity index (χ3n) is 4.46. The number of nitrogens with zero attached hydrogens (tertiary/aromatic N) is 1.